The molecule has 3 N–H and O–H groups in total. The number of hydrogen-bond donors (Lipinski definition) is 2. The zero-order chi connectivity index (χ0) is 11.6. The summed E-state index contributed by atoms with van der Waals surface area (Å²) in [5.74, 6) is 0. The van der Waals surface area contributed by atoms with Crippen LogP contribution in [0.1, 0.15) is 31.7 Å². The fourth-order valence-electron chi connectivity index (χ4n) is 2.02. The van der Waals surface area contributed by atoms with Gasteiger partial charge < -0.3 is 11.1 Å². The standard InChI is InChI=1S/C12H17N3S/c1-12(4-2-5-12)8-15-10-7-14-6-3-9(10)11(13)16/h3,6-7,15H,2,4-5,8H2,1H3,(H2,13,16). The number of nitrogens with two attached hydrogens (primary N) is 1. The van der Waals surface area contributed by atoms with Crippen LogP contribution in [0.4, 0.5) is 5.69 Å². The number of hydrogen-bond acceptors (Lipinski definition) is 3. The molecule has 0 atom stereocenters. The van der Waals surface area contributed by atoms with Crippen molar-refractivity contribution in [1.82, 2.24) is 4.98 Å². The topological polar surface area (TPSA) is 50.9 Å². The van der Waals surface area contributed by atoms with Crippen molar-refractivity contribution >= 4 is 22.9 Å². The van der Waals surface area contributed by atoms with Gasteiger partial charge in [0.05, 0.1) is 11.9 Å². The van der Waals surface area contributed by atoms with Gasteiger partial charge in [0.15, 0.2) is 0 Å². The van der Waals surface area contributed by atoms with Gasteiger partial charge in [0, 0.05) is 18.3 Å². The van der Waals surface area contributed by atoms with Crippen LogP contribution in [0.15, 0.2) is 18.5 Å². The Balaban J connectivity index is 2.06. The smallest absolute Gasteiger partial charge is 0.106 e. The van der Waals surface area contributed by atoms with Gasteiger partial charge in [-0.15, -0.1) is 0 Å². The second kappa shape index (κ2) is 4.37. The number of nitrogens with zero attached hydrogens (tertiary/aromatic N) is 1. The van der Waals surface area contributed by atoms with Gasteiger partial charge in [0.25, 0.3) is 0 Å². The maximum atomic E-state index is 5.66. The van der Waals surface area contributed by atoms with E-state index in [0.29, 0.717) is 10.4 Å². The molecule has 86 valence electrons. The minimum absolute atomic E-state index is 0.420. The summed E-state index contributed by atoms with van der Waals surface area (Å²) in [7, 11) is 0. The van der Waals surface area contributed by atoms with Gasteiger partial charge in [-0.05, 0) is 24.3 Å². The molecule has 0 saturated heterocycles. The Morgan fingerprint density at radius 3 is 2.94 bits per heavy atom. The lowest BCUT2D eigenvalue weighted by Crippen LogP contribution is -2.33. The first-order valence-electron chi connectivity index (χ1n) is 5.58. The highest BCUT2D eigenvalue weighted by Crippen LogP contribution is 2.40. The van der Waals surface area contributed by atoms with E-state index in [1.54, 1.807) is 12.4 Å². The number of nitrogens with one attached hydrogen (secondary N) is 1. The third-order valence-corrected chi connectivity index (χ3v) is 3.57. The predicted octanol–water partition coefficient (Wildman–Crippen LogP) is 2.32. The molecule has 1 saturated carbocycles. The molecule has 1 aliphatic carbocycles. The van der Waals surface area contributed by atoms with Crippen molar-refractivity contribution in [3.63, 3.8) is 0 Å². The molecule has 1 heterocycles. The molecular weight excluding hydrogens is 218 g/mol. The van der Waals surface area contributed by atoms with Crippen LogP contribution in [0.5, 0.6) is 0 Å². The number of anilines is 1. The summed E-state index contributed by atoms with van der Waals surface area (Å²) in [6, 6.07) is 1.85. The minimum atomic E-state index is 0.420. The molecule has 16 heavy (non-hydrogen) atoms. The monoisotopic (exact) mass is 235 g/mol. The van der Waals surface area contributed by atoms with E-state index < -0.39 is 0 Å². The molecule has 1 aromatic heterocycles. The molecule has 4 heteroatoms. The molecular formula is C12H17N3S. The molecule has 0 aromatic carbocycles. The van der Waals surface area contributed by atoms with Crippen LogP contribution in [-0.2, 0) is 0 Å². The molecule has 3 nitrogen and oxygen atoms in total. The molecule has 0 bridgehead atoms. The first-order valence-corrected chi connectivity index (χ1v) is 5.99. The number of aromatic nitrogens is 1. The molecule has 0 unspecified atom stereocenters. The summed E-state index contributed by atoms with van der Waals surface area (Å²) in [6.07, 6.45) is 7.43. The third-order valence-electron chi connectivity index (χ3n) is 3.35. The van der Waals surface area contributed by atoms with Gasteiger partial charge >= 0.3 is 0 Å². The van der Waals surface area contributed by atoms with Gasteiger partial charge in [-0.25, -0.2) is 0 Å². The molecule has 0 spiro atoms. The van der Waals surface area contributed by atoms with E-state index in [1.807, 2.05) is 6.07 Å². The largest absolute Gasteiger partial charge is 0.389 e. The average molecular weight is 235 g/mol. The first-order chi connectivity index (χ1) is 7.61. The average Bonchev–Trinajstić information content (AvgIpc) is 2.24. The van der Waals surface area contributed by atoms with Gasteiger partial charge in [0.2, 0.25) is 0 Å². The first kappa shape index (κ1) is 11.3. The van der Waals surface area contributed by atoms with Crippen molar-refractivity contribution in [3.05, 3.63) is 24.0 Å². The molecule has 0 amide bonds. The SMILES string of the molecule is CC1(CNc2cnccc2C(N)=S)CCC1. The lowest BCUT2D eigenvalue weighted by molar-refractivity contribution is 0.180. The lowest BCUT2D eigenvalue weighted by atomic mass is 9.70. The lowest BCUT2D eigenvalue weighted by Gasteiger charge is -2.38. The van der Waals surface area contributed by atoms with Crippen molar-refractivity contribution in [2.24, 2.45) is 11.1 Å². The van der Waals surface area contributed by atoms with Gasteiger partial charge in [-0.1, -0.05) is 25.6 Å². The van der Waals surface area contributed by atoms with Crippen LogP contribution >= 0.6 is 12.2 Å². The van der Waals surface area contributed by atoms with Crippen LogP contribution in [0.2, 0.25) is 0 Å². The maximum absolute atomic E-state index is 5.66. The fourth-order valence-corrected chi connectivity index (χ4v) is 2.19. The zero-order valence-corrected chi connectivity index (χ0v) is 10.3. The summed E-state index contributed by atoms with van der Waals surface area (Å²) in [4.78, 5) is 4.51. The zero-order valence-electron chi connectivity index (χ0n) is 9.49. The van der Waals surface area contributed by atoms with Crippen LogP contribution in [0.25, 0.3) is 0 Å². The van der Waals surface area contributed by atoms with E-state index in [2.05, 4.69) is 17.2 Å². The molecule has 0 radical (unpaired) electrons. The maximum Gasteiger partial charge on any atom is 0.106 e. The Hall–Kier alpha value is -1.16. The number of pyridine rings is 1. The Bertz CT molecular complexity index is 399. The Morgan fingerprint density at radius 2 is 2.38 bits per heavy atom. The van der Waals surface area contributed by atoms with E-state index >= 15 is 0 Å². The van der Waals surface area contributed by atoms with E-state index in [0.717, 1.165) is 17.8 Å². The van der Waals surface area contributed by atoms with Crippen molar-refractivity contribution in [3.8, 4) is 0 Å². The Labute approximate surface area is 101 Å². The molecule has 0 aliphatic heterocycles. The Kier molecular flexibility index (Phi) is 3.10. The molecule has 1 aliphatic rings. The highest BCUT2D eigenvalue weighted by Gasteiger charge is 2.31. The number of thiocarbonyl (C=S) groups is 1. The minimum Gasteiger partial charge on any atom is -0.389 e. The van der Waals surface area contributed by atoms with Crippen molar-refractivity contribution in [2.75, 3.05) is 11.9 Å². The van der Waals surface area contributed by atoms with E-state index in [9.17, 15) is 0 Å². The van der Waals surface area contributed by atoms with Crippen LogP contribution < -0.4 is 11.1 Å². The van der Waals surface area contributed by atoms with Crippen LogP contribution in [-0.4, -0.2) is 16.5 Å². The highest BCUT2D eigenvalue weighted by molar-refractivity contribution is 7.80. The Morgan fingerprint density at radius 1 is 1.62 bits per heavy atom. The highest BCUT2D eigenvalue weighted by atomic mass is 32.1. The van der Waals surface area contributed by atoms with Crippen molar-refractivity contribution < 1.29 is 0 Å². The second-order valence-corrected chi connectivity index (χ2v) is 5.24. The van der Waals surface area contributed by atoms with E-state index in [-0.39, 0.29) is 0 Å². The summed E-state index contributed by atoms with van der Waals surface area (Å²) < 4.78 is 0. The molecule has 2 rings (SSSR count). The van der Waals surface area contributed by atoms with Crippen LogP contribution in [0.3, 0.4) is 0 Å². The fraction of sp³-hybridized carbons (Fsp3) is 0.500. The van der Waals surface area contributed by atoms with Crippen LogP contribution in [0, 0.1) is 5.41 Å². The molecule has 1 fully saturated rings. The summed E-state index contributed by atoms with van der Waals surface area (Å²) >= 11 is 5.01. The normalized spacial score (nSPS) is 17.6. The van der Waals surface area contributed by atoms with E-state index in [1.165, 1.54) is 19.3 Å². The number of rotatable bonds is 4. The van der Waals surface area contributed by atoms with E-state index in [4.69, 9.17) is 18.0 Å². The second-order valence-electron chi connectivity index (χ2n) is 4.80. The third kappa shape index (κ3) is 2.32. The quantitative estimate of drug-likeness (QED) is 0.786. The van der Waals surface area contributed by atoms with Gasteiger partial charge in [0.1, 0.15) is 4.99 Å². The summed E-state index contributed by atoms with van der Waals surface area (Å²) in [6.45, 7) is 3.27. The van der Waals surface area contributed by atoms with Gasteiger partial charge in [-0.3, -0.25) is 4.98 Å². The molecule has 1 aromatic rings. The van der Waals surface area contributed by atoms with Crippen molar-refractivity contribution in [1.29, 1.82) is 0 Å². The summed E-state index contributed by atoms with van der Waals surface area (Å²) in [5, 5.41) is 3.41. The van der Waals surface area contributed by atoms with Crippen molar-refractivity contribution in [2.45, 2.75) is 26.2 Å². The summed E-state index contributed by atoms with van der Waals surface area (Å²) in [5.41, 5.74) is 7.93. The van der Waals surface area contributed by atoms with Gasteiger partial charge in [-0.2, -0.15) is 0 Å². The predicted molar refractivity (Wildman–Crippen MR) is 70.6 cm³/mol.